The van der Waals surface area contributed by atoms with Crippen LogP contribution in [0.15, 0.2) is 59.6 Å². The van der Waals surface area contributed by atoms with E-state index in [1.165, 1.54) is 11.1 Å². The molecule has 0 amide bonds. The van der Waals surface area contributed by atoms with Crippen LogP contribution in [0.5, 0.6) is 0 Å². The van der Waals surface area contributed by atoms with Crippen molar-refractivity contribution in [2.75, 3.05) is 33.3 Å². The SMILES string of the molecule is CN=C(NCCc1ccc(Cl)cc1)N1CCC(COCc2ccccc2)C1. The topological polar surface area (TPSA) is 36.9 Å². The summed E-state index contributed by atoms with van der Waals surface area (Å²) in [6, 6.07) is 18.4. The van der Waals surface area contributed by atoms with Crippen molar-refractivity contribution in [3.8, 4) is 0 Å². The van der Waals surface area contributed by atoms with Gasteiger partial charge in [0.25, 0.3) is 0 Å². The summed E-state index contributed by atoms with van der Waals surface area (Å²) < 4.78 is 5.92. The number of hydrogen-bond donors (Lipinski definition) is 1. The van der Waals surface area contributed by atoms with Gasteiger partial charge in [-0.25, -0.2) is 0 Å². The van der Waals surface area contributed by atoms with Crippen LogP contribution >= 0.6 is 11.6 Å². The third kappa shape index (κ3) is 6.26. The summed E-state index contributed by atoms with van der Waals surface area (Å²) in [5, 5.41) is 4.26. The van der Waals surface area contributed by atoms with Gasteiger partial charge < -0.3 is 15.0 Å². The second kappa shape index (κ2) is 10.3. The zero-order valence-corrected chi connectivity index (χ0v) is 16.7. The Hall–Kier alpha value is -2.04. The van der Waals surface area contributed by atoms with E-state index >= 15 is 0 Å². The van der Waals surface area contributed by atoms with E-state index in [2.05, 4.69) is 51.6 Å². The zero-order chi connectivity index (χ0) is 18.9. The first kappa shape index (κ1) is 19.7. The summed E-state index contributed by atoms with van der Waals surface area (Å²) in [7, 11) is 1.85. The molecular weight excluding hydrogens is 358 g/mol. The Bertz CT molecular complexity index is 718. The molecule has 4 nitrogen and oxygen atoms in total. The second-order valence-electron chi connectivity index (χ2n) is 6.95. The molecule has 1 fully saturated rings. The molecule has 144 valence electrons. The van der Waals surface area contributed by atoms with Crippen molar-refractivity contribution in [1.29, 1.82) is 0 Å². The highest BCUT2D eigenvalue weighted by atomic mass is 35.5. The van der Waals surface area contributed by atoms with E-state index < -0.39 is 0 Å². The van der Waals surface area contributed by atoms with Gasteiger partial charge in [-0.3, -0.25) is 4.99 Å². The van der Waals surface area contributed by atoms with Crippen LogP contribution in [0.25, 0.3) is 0 Å². The summed E-state index contributed by atoms with van der Waals surface area (Å²) in [4.78, 5) is 6.78. The zero-order valence-electron chi connectivity index (χ0n) is 15.9. The molecule has 1 aliphatic rings. The van der Waals surface area contributed by atoms with E-state index in [0.717, 1.165) is 50.1 Å². The number of halogens is 1. The molecule has 5 heteroatoms. The number of rotatable bonds is 7. The van der Waals surface area contributed by atoms with Crippen LogP contribution in [0.2, 0.25) is 5.02 Å². The molecule has 1 N–H and O–H groups in total. The largest absolute Gasteiger partial charge is 0.376 e. The average Bonchev–Trinajstić information content (AvgIpc) is 3.16. The average molecular weight is 386 g/mol. The van der Waals surface area contributed by atoms with Crippen molar-refractivity contribution in [1.82, 2.24) is 10.2 Å². The lowest BCUT2D eigenvalue weighted by molar-refractivity contribution is 0.0907. The highest BCUT2D eigenvalue weighted by Gasteiger charge is 2.24. The molecule has 1 aliphatic heterocycles. The minimum atomic E-state index is 0.559. The van der Waals surface area contributed by atoms with E-state index in [4.69, 9.17) is 16.3 Å². The van der Waals surface area contributed by atoms with E-state index in [0.29, 0.717) is 12.5 Å². The van der Waals surface area contributed by atoms with Crippen molar-refractivity contribution < 1.29 is 4.74 Å². The lowest BCUT2D eigenvalue weighted by Gasteiger charge is -2.21. The molecule has 2 aromatic rings. The Kier molecular flexibility index (Phi) is 7.55. The third-order valence-electron chi connectivity index (χ3n) is 4.87. The molecule has 0 radical (unpaired) electrons. The predicted octanol–water partition coefficient (Wildman–Crippen LogP) is 4.00. The number of likely N-dealkylation sites (tertiary alicyclic amines) is 1. The Balaban J connectivity index is 1.37. The fourth-order valence-electron chi connectivity index (χ4n) is 3.38. The predicted molar refractivity (Wildman–Crippen MR) is 112 cm³/mol. The summed E-state index contributed by atoms with van der Waals surface area (Å²) in [5.41, 5.74) is 2.50. The van der Waals surface area contributed by atoms with Crippen LogP contribution in [-0.2, 0) is 17.8 Å². The van der Waals surface area contributed by atoms with Crippen molar-refractivity contribution in [2.24, 2.45) is 10.9 Å². The second-order valence-corrected chi connectivity index (χ2v) is 7.39. The molecule has 0 bridgehead atoms. The van der Waals surface area contributed by atoms with Gasteiger partial charge in [-0.2, -0.15) is 0 Å². The van der Waals surface area contributed by atoms with Crippen LogP contribution in [0, 0.1) is 5.92 Å². The third-order valence-corrected chi connectivity index (χ3v) is 5.12. The lowest BCUT2D eigenvalue weighted by Crippen LogP contribution is -2.41. The minimum absolute atomic E-state index is 0.559. The van der Waals surface area contributed by atoms with E-state index in [9.17, 15) is 0 Å². The number of nitrogens with zero attached hydrogens (tertiary/aromatic N) is 2. The Labute approximate surface area is 167 Å². The molecule has 1 heterocycles. The molecule has 1 unspecified atom stereocenters. The molecule has 1 atom stereocenters. The summed E-state index contributed by atoms with van der Waals surface area (Å²) in [6.07, 6.45) is 2.10. The van der Waals surface area contributed by atoms with Gasteiger partial charge in [0, 0.05) is 37.6 Å². The first-order chi connectivity index (χ1) is 13.2. The minimum Gasteiger partial charge on any atom is -0.376 e. The van der Waals surface area contributed by atoms with Crippen molar-refractivity contribution >= 4 is 17.6 Å². The first-order valence-electron chi connectivity index (χ1n) is 9.56. The van der Waals surface area contributed by atoms with Gasteiger partial charge in [0.1, 0.15) is 0 Å². The number of hydrogen-bond acceptors (Lipinski definition) is 2. The molecule has 2 aromatic carbocycles. The monoisotopic (exact) mass is 385 g/mol. The van der Waals surface area contributed by atoms with E-state index in [-0.39, 0.29) is 0 Å². The lowest BCUT2D eigenvalue weighted by atomic mass is 10.1. The van der Waals surface area contributed by atoms with Gasteiger partial charge in [-0.05, 0) is 36.1 Å². The summed E-state index contributed by atoms with van der Waals surface area (Å²) >= 11 is 5.94. The molecular formula is C22H28ClN3O. The fraction of sp³-hybridized carbons (Fsp3) is 0.409. The van der Waals surface area contributed by atoms with Gasteiger partial charge >= 0.3 is 0 Å². The Morgan fingerprint density at radius 3 is 2.67 bits per heavy atom. The number of guanidine groups is 1. The summed E-state index contributed by atoms with van der Waals surface area (Å²) in [5.74, 6) is 1.54. The smallest absolute Gasteiger partial charge is 0.193 e. The highest BCUT2D eigenvalue weighted by Crippen LogP contribution is 2.17. The van der Waals surface area contributed by atoms with E-state index in [1.807, 2.05) is 25.2 Å². The number of nitrogens with one attached hydrogen (secondary N) is 1. The van der Waals surface area contributed by atoms with Crippen LogP contribution in [0.1, 0.15) is 17.5 Å². The van der Waals surface area contributed by atoms with Crippen LogP contribution in [0.3, 0.4) is 0 Å². The molecule has 0 aromatic heterocycles. The van der Waals surface area contributed by atoms with E-state index in [1.54, 1.807) is 0 Å². The quantitative estimate of drug-likeness (QED) is 0.578. The maximum atomic E-state index is 5.94. The number of ether oxygens (including phenoxy) is 1. The van der Waals surface area contributed by atoms with Crippen molar-refractivity contribution in [3.63, 3.8) is 0 Å². The maximum absolute atomic E-state index is 5.94. The number of aliphatic imine (C=N–C) groups is 1. The maximum Gasteiger partial charge on any atom is 0.193 e. The first-order valence-corrected chi connectivity index (χ1v) is 9.94. The van der Waals surface area contributed by atoms with Crippen molar-refractivity contribution in [3.05, 3.63) is 70.7 Å². The Morgan fingerprint density at radius 2 is 1.93 bits per heavy atom. The van der Waals surface area contributed by atoms with Crippen molar-refractivity contribution in [2.45, 2.75) is 19.4 Å². The molecule has 3 rings (SSSR count). The van der Waals surface area contributed by atoms with Gasteiger partial charge in [0.15, 0.2) is 5.96 Å². The molecule has 1 saturated heterocycles. The van der Waals surface area contributed by atoms with Crippen LogP contribution < -0.4 is 5.32 Å². The molecule has 0 saturated carbocycles. The highest BCUT2D eigenvalue weighted by molar-refractivity contribution is 6.30. The standard InChI is InChI=1S/C22H28ClN3O/c1-24-22(25-13-11-18-7-9-21(23)10-8-18)26-14-12-20(15-26)17-27-16-19-5-3-2-4-6-19/h2-10,20H,11-17H2,1H3,(H,24,25). The van der Waals surface area contributed by atoms with Gasteiger partial charge in [0.05, 0.1) is 13.2 Å². The Morgan fingerprint density at radius 1 is 1.15 bits per heavy atom. The normalized spacial score (nSPS) is 17.3. The fourth-order valence-corrected chi connectivity index (χ4v) is 3.51. The van der Waals surface area contributed by atoms with Gasteiger partial charge in [-0.15, -0.1) is 0 Å². The van der Waals surface area contributed by atoms with Gasteiger partial charge in [-0.1, -0.05) is 54.1 Å². The summed E-state index contributed by atoms with van der Waals surface area (Å²) in [6.45, 7) is 4.37. The molecule has 27 heavy (non-hydrogen) atoms. The van der Waals surface area contributed by atoms with Crippen LogP contribution in [0.4, 0.5) is 0 Å². The van der Waals surface area contributed by atoms with Crippen LogP contribution in [-0.4, -0.2) is 44.1 Å². The number of benzene rings is 2. The molecule has 0 spiro atoms. The molecule has 0 aliphatic carbocycles. The van der Waals surface area contributed by atoms with Gasteiger partial charge in [0.2, 0.25) is 0 Å².